The topological polar surface area (TPSA) is 131 Å². The Kier molecular flexibility index (Phi) is 8.66. The first-order valence-corrected chi connectivity index (χ1v) is 16.6. The number of thiazole rings is 1. The number of halogens is 3. The third kappa shape index (κ3) is 6.53. The van der Waals surface area contributed by atoms with Crippen molar-refractivity contribution in [2.45, 2.75) is 30.3 Å². The second-order valence-electron chi connectivity index (χ2n) is 10.7. The highest BCUT2D eigenvalue weighted by Gasteiger charge is 2.31. The van der Waals surface area contributed by atoms with Crippen LogP contribution in [0.5, 0.6) is 11.5 Å². The molecule has 0 saturated carbocycles. The molecule has 1 saturated heterocycles. The highest BCUT2D eigenvalue weighted by molar-refractivity contribution is 7.89. The van der Waals surface area contributed by atoms with E-state index in [4.69, 9.17) is 9.47 Å². The summed E-state index contributed by atoms with van der Waals surface area (Å²) >= 11 is 0.739. The number of amides is 1. The van der Waals surface area contributed by atoms with Gasteiger partial charge in [-0.15, -0.1) is 11.3 Å². The maximum Gasteiger partial charge on any atom is 0.416 e. The van der Waals surface area contributed by atoms with Crippen molar-refractivity contribution in [3.8, 4) is 23.3 Å². The van der Waals surface area contributed by atoms with Crippen LogP contribution in [0.15, 0.2) is 76.4 Å². The van der Waals surface area contributed by atoms with E-state index < -0.39 is 38.8 Å². The molecule has 0 unspecified atom stereocenters. The third-order valence-corrected chi connectivity index (χ3v) is 10.5. The molecule has 0 spiro atoms. The van der Waals surface area contributed by atoms with Crippen molar-refractivity contribution in [2.24, 2.45) is 0 Å². The number of benzene rings is 3. The molecular weight excluding hydrogens is 658 g/mol. The lowest BCUT2D eigenvalue weighted by atomic mass is 10.2. The number of hydrogen-bond acceptors (Lipinski definition) is 8. The molecule has 1 fully saturated rings. The Morgan fingerprint density at radius 2 is 1.72 bits per heavy atom. The number of ether oxygens (including phenoxy) is 2. The Hall–Kier alpha value is -4.91. The SMILES string of the molecule is N#C/C(C(=O)Nc1cccc(S(=O)(=O)N2CCCCC2)c1)=c1/s/c(=C\c2ccc3c(c2)OCO3)c(=O)n1-c1cccc(C(F)(F)F)c1. The highest BCUT2D eigenvalue weighted by atomic mass is 32.2. The lowest BCUT2D eigenvalue weighted by molar-refractivity contribution is -0.137. The van der Waals surface area contributed by atoms with Gasteiger partial charge in [0.25, 0.3) is 11.5 Å². The number of nitrogens with one attached hydrogen (secondary N) is 1. The molecule has 47 heavy (non-hydrogen) atoms. The Bertz CT molecular complexity index is 2220. The fourth-order valence-electron chi connectivity index (χ4n) is 5.24. The minimum atomic E-state index is -4.73. The molecule has 0 atom stereocenters. The van der Waals surface area contributed by atoms with Crippen molar-refractivity contribution in [3.05, 3.63) is 97.4 Å². The fraction of sp³-hybridized carbons (Fsp3) is 0.219. The van der Waals surface area contributed by atoms with Crippen LogP contribution in [0.1, 0.15) is 30.4 Å². The number of alkyl halides is 3. The number of hydrogen-bond donors (Lipinski definition) is 1. The van der Waals surface area contributed by atoms with Crippen LogP contribution in [-0.2, 0) is 21.0 Å². The van der Waals surface area contributed by atoms with E-state index in [0.29, 0.717) is 30.2 Å². The number of fused-ring (bicyclic) bond motifs is 1. The van der Waals surface area contributed by atoms with Gasteiger partial charge < -0.3 is 14.8 Å². The number of nitriles is 1. The van der Waals surface area contributed by atoms with Gasteiger partial charge in [0.15, 0.2) is 17.1 Å². The molecule has 10 nitrogen and oxygen atoms in total. The highest BCUT2D eigenvalue weighted by Crippen LogP contribution is 2.33. The summed E-state index contributed by atoms with van der Waals surface area (Å²) in [4.78, 5) is 27.3. The molecular formula is C32H25F3N4O6S2. The summed E-state index contributed by atoms with van der Waals surface area (Å²) in [6.45, 7) is 0.775. The van der Waals surface area contributed by atoms with Crippen molar-refractivity contribution < 1.29 is 35.9 Å². The van der Waals surface area contributed by atoms with Gasteiger partial charge in [-0.2, -0.15) is 22.7 Å². The van der Waals surface area contributed by atoms with E-state index in [9.17, 15) is 36.4 Å². The average molecular weight is 683 g/mol. The predicted molar refractivity (Wildman–Crippen MR) is 167 cm³/mol. The second kappa shape index (κ2) is 12.7. The number of anilines is 1. The molecule has 1 aromatic heterocycles. The Labute approximate surface area is 270 Å². The van der Waals surface area contributed by atoms with Gasteiger partial charge in [0, 0.05) is 18.8 Å². The summed E-state index contributed by atoms with van der Waals surface area (Å²) in [6.07, 6.45) is -0.864. The van der Waals surface area contributed by atoms with Crippen LogP contribution in [0, 0.1) is 11.3 Å². The standard InChI is InChI=1S/C32H25F3N4O6S2/c33-32(34,35)21-6-4-8-23(16-21)39-30(41)28(15-20-10-11-26-27(14-20)45-19-44-26)46-31(39)25(18-36)29(40)37-22-7-5-9-24(17-22)47(42,43)38-12-2-1-3-13-38/h4-11,14-17H,1-3,12-13,19H2,(H,37,40)/b28-15-,31-25-. The van der Waals surface area contributed by atoms with Crippen LogP contribution in [0.25, 0.3) is 17.3 Å². The van der Waals surface area contributed by atoms with Crippen LogP contribution < -0.4 is 29.5 Å². The quantitative estimate of drug-likeness (QED) is 0.326. The van der Waals surface area contributed by atoms with Gasteiger partial charge in [0.1, 0.15) is 10.7 Å². The van der Waals surface area contributed by atoms with Crippen molar-refractivity contribution >= 4 is 44.6 Å². The lowest BCUT2D eigenvalue weighted by Crippen LogP contribution is -2.35. The molecule has 1 N–H and O–H groups in total. The van der Waals surface area contributed by atoms with Gasteiger partial charge in [0.05, 0.1) is 20.7 Å². The van der Waals surface area contributed by atoms with E-state index in [1.165, 1.54) is 40.7 Å². The summed E-state index contributed by atoms with van der Waals surface area (Å²) in [5.74, 6) is -0.0569. The summed E-state index contributed by atoms with van der Waals surface area (Å²) in [5, 5.41) is 12.7. The summed E-state index contributed by atoms with van der Waals surface area (Å²) in [5.41, 5.74) is -2.01. The maximum absolute atomic E-state index is 13.8. The number of sulfonamides is 1. The molecule has 15 heteroatoms. The van der Waals surface area contributed by atoms with Gasteiger partial charge in [-0.05, 0) is 73.0 Å². The van der Waals surface area contributed by atoms with Gasteiger partial charge in [-0.25, -0.2) is 8.42 Å². The van der Waals surface area contributed by atoms with E-state index >= 15 is 0 Å². The molecule has 0 bridgehead atoms. The Morgan fingerprint density at radius 3 is 2.47 bits per heavy atom. The van der Waals surface area contributed by atoms with E-state index in [-0.39, 0.29) is 32.3 Å². The molecule has 4 aromatic rings. The number of aromatic nitrogens is 1. The van der Waals surface area contributed by atoms with Crippen molar-refractivity contribution in [1.82, 2.24) is 8.87 Å². The monoisotopic (exact) mass is 682 g/mol. The minimum absolute atomic E-state index is 0.0199. The van der Waals surface area contributed by atoms with Gasteiger partial charge in [-0.1, -0.05) is 24.6 Å². The first-order chi connectivity index (χ1) is 22.5. The number of rotatable bonds is 6. The van der Waals surface area contributed by atoms with Crippen LogP contribution in [0.2, 0.25) is 0 Å². The van der Waals surface area contributed by atoms with Gasteiger partial charge in [0.2, 0.25) is 16.8 Å². The van der Waals surface area contributed by atoms with E-state index in [1.807, 2.05) is 0 Å². The molecule has 2 aliphatic heterocycles. The first kappa shape index (κ1) is 32.0. The smallest absolute Gasteiger partial charge is 0.416 e. The number of carbonyl (C=O) groups excluding carboxylic acids is 1. The van der Waals surface area contributed by atoms with Crippen LogP contribution in [0.3, 0.4) is 0 Å². The van der Waals surface area contributed by atoms with E-state index in [2.05, 4.69) is 5.32 Å². The van der Waals surface area contributed by atoms with Crippen LogP contribution >= 0.6 is 11.3 Å². The molecule has 2 aliphatic rings. The zero-order chi connectivity index (χ0) is 33.3. The van der Waals surface area contributed by atoms with Crippen molar-refractivity contribution in [2.75, 3.05) is 25.2 Å². The Balaban J connectivity index is 1.46. The van der Waals surface area contributed by atoms with Crippen molar-refractivity contribution in [3.63, 3.8) is 0 Å². The second-order valence-corrected chi connectivity index (χ2v) is 13.6. The molecule has 0 aliphatic carbocycles. The third-order valence-electron chi connectivity index (χ3n) is 7.55. The molecule has 242 valence electrons. The maximum atomic E-state index is 13.8. The van der Waals surface area contributed by atoms with E-state index in [1.54, 1.807) is 24.3 Å². The van der Waals surface area contributed by atoms with Crippen LogP contribution in [-0.4, -0.2) is 43.1 Å². The van der Waals surface area contributed by atoms with Gasteiger partial charge in [-0.3, -0.25) is 14.2 Å². The average Bonchev–Trinajstić information content (AvgIpc) is 3.65. The minimum Gasteiger partial charge on any atom is -0.454 e. The normalized spacial score (nSPS) is 16.1. The molecule has 0 radical (unpaired) electrons. The number of carbonyl (C=O) groups is 1. The molecule has 6 rings (SSSR count). The molecule has 3 heterocycles. The summed E-state index contributed by atoms with van der Waals surface area (Å²) in [6, 6.07) is 16.2. The Morgan fingerprint density at radius 1 is 0.979 bits per heavy atom. The van der Waals surface area contributed by atoms with Crippen molar-refractivity contribution in [1.29, 1.82) is 5.26 Å². The zero-order valence-corrected chi connectivity index (χ0v) is 26.0. The zero-order valence-electron chi connectivity index (χ0n) is 24.4. The number of nitrogens with zero attached hydrogens (tertiary/aromatic N) is 3. The molecule has 3 aromatic carbocycles. The predicted octanol–water partition coefficient (Wildman–Crippen LogP) is 3.96. The van der Waals surface area contributed by atoms with Gasteiger partial charge >= 0.3 is 6.18 Å². The first-order valence-electron chi connectivity index (χ1n) is 14.3. The summed E-state index contributed by atoms with van der Waals surface area (Å²) < 4.78 is 80.1. The lowest BCUT2D eigenvalue weighted by Gasteiger charge is -2.26. The van der Waals surface area contributed by atoms with Crippen LogP contribution in [0.4, 0.5) is 18.9 Å². The van der Waals surface area contributed by atoms with E-state index in [0.717, 1.165) is 53.4 Å². The largest absolute Gasteiger partial charge is 0.454 e. The number of piperidine rings is 1. The summed E-state index contributed by atoms with van der Waals surface area (Å²) in [7, 11) is -3.84. The molecule has 1 amide bonds. The fourth-order valence-corrected chi connectivity index (χ4v) is 7.90.